The lowest BCUT2D eigenvalue weighted by molar-refractivity contribution is -0.167. The number of esters is 3. The first-order chi connectivity index (χ1) is 41.0. The summed E-state index contributed by atoms with van der Waals surface area (Å²) in [5, 5.41) is 0. The monoisotopic (exact) mass is 1150 g/mol. The summed E-state index contributed by atoms with van der Waals surface area (Å²) in [7, 11) is 0. The molecule has 6 heteroatoms. The highest BCUT2D eigenvalue weighted by molar-refractivity contribution is 5.71. The van der Waals surface area contributed by atoms with Crippen LogP contribution in [0.25, 0.3) is 0 Å². The van der Waals surface area contributed by atoms with Crippen LogP contribution in [0, 0.1) is 0 Å². The Labute approximate surface area is 513 Å². The van der Waals surface area contributed by atoms with Crippen molar-refractivity contribution in [2.45, 2.75) is 322 Å². The molecule has 6 nitrogen and oxygen atoms in total. The molecule has 0 heterocycles. The van der Waals surface area contributed by atoms with Gasteiger partial charge in [-0.15, -0.1) is 0 Å². The van der Waals surface area contributed by atoms with E-state index in [-0.39, 0.29) is 31.1 Å². The van der Waals surface area contributed by atoms with Gasteiger partial charge in [0, 0.05) is 19.3 Å². The summed E-state index contributed by atoms with van der Waals surface area (Å²) in [6.07, 6.45) is 98.8. The zero-order chi connectivity index (χ0) is 59.9. The molecule has 0 aliphatic rings. The van der Waals surface area contributed by atoms with Crippen molar-refractivity contribution >= 4 is 17.9 Å². The van der Waals surface area contributed by atoms with E-state index in [4.69, 9.17) is 14.2 Å². The smallest absolute Gasteiger partial charge is 0.306 e. The average Bonchev–Trinajstić information content (AvgIpc) is 3.50. The summed E-state index contributed by atoms with van der Waals surface area (Å²) in [5.74, 6) is -0.918. The number of carbonyl (C=O) groups excluding carboxylic acids is 3. The van der Waals surface area contributed by atoms with E-state index in [9.17, 15) is 14.4 Å². The predicted octanol–water partition coefficient (Wildman–Crippen LogP) is 24.1. The van der Waals surface area contributed by atoms with Crippen LogP contribution in [0.2, 0.25) is 0 Å². The van der Waals surface area contributed by atoms with Crippen LogP contribution in [0.5, 0.6) is 0 Å². The fourth-order valence-corrected chi connectivity index (χ4v) is 9.43. The molecule has 0 aliphatic heterocycles. The first-order valence-electron chi connectivity index (χ1n) is 34.7. The second kappa shape index (κ2) is 70.0. The van der Waals surface area contributed by atoms with E-state index in [0.717, 1.165) is 141 Å². The van der Waals surface area contributed by atoms with Gasteiger partial charge in [0.1, 0.15) is 13.2 Å². The Hall–Kier alpha value is -4.45. The lowest BCUT2D eigenvalue weighted by Gasteiger charge is -2.18. The van der Waals surface area contributed by atoms with E-state index >= 15 is 0 Å². The molecule has 472 valence electrons. The summed E-state index contributed by atoms with van der Waals surface area (Å²) in [4.78, 5) is 38.5. The molecule has 1 atom stereocenters. The van der Waals surface area contributed by atoms with Crippen LogP contribution in [0.15, 0.2) is 134 Å². The Kier molecular flexibility index (Phi) is 66.3. The number of allylic oxidation sites excluding steroid dienone is 22. The molecule has 0 radical (unpaired) electrons. The van der Waals surface area contributed by atoms with Gasteiger partial charge in [-0.25, -0.2) is 0 Å². The zero-order valence-electron chi connectivity index (χ0n) is 54.2. The predicted molar refractivity (Wildman–Crippen MR) is 362 cm³/mol. The second-order valence-electron chi connectivity index (χ2n) is 22.7. The lowest BCUT2D eigenvalue weighted by atomic mass is 10.1. The number of carbonyl (C=O) groups is 3. The van der Waals surface area contributed by atoms with Gasteiger partial charge in [0.2, 0.25) is 0 Å². The number of hydrogen-bond acceptors (Lipinski definition) is 6. The number of rotatable bonds is 62. The topological polar surface area (TPSA) is 78.9 Å². The number of ether oxygens (including phenoxy) is 3. The highest BCUT2D eigenvalue weighted by Gasteiger charge is 2.19. The maximum Gasteiger partial charge on any atom is 0.306 e. The molecule has 0 aliphatic carbocycles. The van der Waals surface area contributed by atoms with Crippen LogP contribution in [-0.2, 0) is 28.6 Å². The minimum absolute atomic E-state index is 0.0935. The molecule has 0 aromatic heterocycles. The highest BCUT2D eigenvalue weighted by Crippen LogP contribution is 2.15. The number of hydrogen-bond donors (Lipinski definition) is 0. The van der Waals surface area contributed by atoms with E-state index < -0.39 is 6.10 Å². The maximum atomic E-state index is 13.0. The Morgan fingerprint density at radius 1 is 0.253 bits per heavy atom. The van der Waals surface area contributed by atoms with Gasteiger partial charge >= 0.3 is 17.9 Å². The summed E-state index contributed by atoms with van der Waals surface area (Å²) < 4.78 is 17.0. The SMILES string of the molecule is CC/C=C\C/C=C\C/C=C\C/C=C\C/C=C\C/C=C\CCCCCCCCC(=O)OCC(COC(=O)CCCCCCCCCCC/C=C\C/C=C\CCCCC)OC(=O)CCCCCCCC/C=C\C/C=C\C/C=C\CCCCCCC. The van der Waals surface area contributed by atoms with Crippen LogP contribution < -0.4 is 0 Å². The molecule has 0 aromatic carbocycles. The van der Waals surface area contributed by atoms with Crippen molar-refractivity contribution in [2.75, 3.05) is 13.2 Å². The van der Waals surface area contributed by atoms with Gasteiger partial charge in [0.15, 0.2) is 6.10 Å². The summed E-state index contributed by atoms with van der Waals surface area (Å²) >= 11 is 0. The van der Waals surface area contributed by atoms with Crippen LogP contribution in [0.3, 0.4) is 0 Å². The molecular formula is C77H128O6. The molecule has 0 saturated heterocycles. The van der Waals surface area contributed by atoms with Crippen LogP contribution in [0.1, 0.15) is 316 Å². The molecule has 0 fully saturated rings. The second-order valence-corrected chi connectivity index (χ2v) is 22.7. The van der Waals surface area contributed by atoms with Crippen molar-refractivity contribution in [3.63, 3.8) is 0 Å². The minimum Gasteiger partial charge on any atom is -0.462 e. The third-order valence-corrected chi connectivity index (χ3v) is 14.6. The van der Waals surface area contributed by atoms with Crippen LogP contribution >= 0.6 is 0 Å². The summed E-state index contributed by atoms with van der Waals surface area (Å²) in [6.45, 7) is 6.49. The molecule has 0 N–H and O–H groups in total. The van der Waals surface area contributed by atoms with E-state index in [1.54, 1.807) is 0 Å². The maximum absolute atomic E-state index is 13.0. The van der Waals surface area contributed by atoms with E-state index in [2.05, 4.69) is 154 Å². The fraction of sp³-hybridized carbons (Fsp3) is 0.675. The highest BCUT2D eigenvalue weighted by atomic mass is 16.6. The van der Waals surface area contributed by atoms with Gasteiger partial charge in [-0.2, -0.15) is 0 Å². The Morgan fingerprint density at radius 2 is 0.470 bits per heavy atom. The Bertz CT molecular complexity index is 1750. The first-order valence-corrected chi connectivity index (χ1v) is 34.7. The molecule has 0 rings (SSSR count). The lowest BCUT2D eigenvalue weighted by Crippen LogP contribution is -2.30. The standard InChI is InChI=1S/C77H128O6/c1-4-7-10-13-16-19-22-25-28-31-34-36-37-38-39-41-43-46-49-52-55-58-61-64-67-70-76(79)82-73-74(72-81-75(78)69-66-63-60-57-54-51-48-45-42-33-30-27-24-21-18-15-12-9-6-3)83-77(80)71-68-65-62-59-56-53-50-47-44-40-35-32-29-26-23-20-17-14-11-8-5-2/h7,10,16,18-19,21,23,25-28,30,32,34-36,38-39,43-44,46-47,74H,4-6,8-9,11-15,17,20,22,24,29,31,33,37,40-42,45,48-73H2,1-3H3/b10-7-,19-16-,21-18-,26-23-,28-25-,30-27-,35-32-,36-34-,39-38-,46-43-,47-44-. The Morgan fingerprint density at radius 3 is 0.759 bits per heavy atom. The minimum atomic E-state index is -0.801. The molecule has 0 amide bonds. The van der Waals surface area contributed by atoms with Crippen molar-refractivity contribution in [1.29, 1.82) is 0 Å². The van der Waals surface area contributed by atoms with Gasteiger partial charge in [-0.3, -0.25) is 14.4 Å². The summed E-state index contributed by atoms with van der Waals surface area (Å²) in [5.41, 5.74) is 0. The normalized spacial score (nSPS) is 13.0. The van der Waals surface area contributed by atoms with Crippen LogP contribution in [0.4, 0.5) is 0 Å². The van der Waals surface area contributed by atoms with Crippen molar-refractivity contribution in [3.05, 3.63) is 134 Å². The molecule has 0 saturated carbocycles. The zero-order valence-corrected chi connectivity index (χ0v) is 54.2. The van der Waals surface area contributed by atoms with Gasteiger partial charge < -0.3 is 14.2 Å². The van der Waals surface area contributed by atoms with Crippen molar-refractivity contribution in [2.24, 2.45) is 0 Å². The molecule has 1 unspecified atom stereocenters. The van der Waals surface area contributed by atoms with Gasteiger partial charge in [0.05, 0.1) is 0 Å². The molecule has 0 spiro atoms. The van der Waals surface area contributed by atoms with Gasteiger partial charge in [-0.05, 0) is 141 Å². The van der Waals surface area contributed by atoms with E-state index in [0.29, 0.717) is 19.3 Å². The first kappa shape index (κ1) is 78.5. The quantitative estimate of drug-likeness (QED) is 0.0261. The third-order valence-electron chi connectivity index (χ3n) is 14.6. The van der Waals surface area contributed by atoms with Gasteiger partial charge in [-0.1, -0.05) is 289 Å². The summed E-state index contributed by atoms with van der Waals surface area (Å²) in [6, 6.07) is 0. The largest absolute Gasteiger partial charge is 0.462 e. The van der Waals surface area contributed by atoms with Crippen LogP contribution in [-0.4, -0.2) is 37.2 Å². The van der Waals surface area contributed by atoms with Crippen molar-refractivity contribution in [3.8, 4) is 0 Å². The molecular weight excluding hydrogens is 1020 g/mol. The van der Waals surface area contributed by atoms with E-state index in [1.807, 2.05) is 0 Å². The molecule has 0 aromatic rings. The van der Waals surface area contributed by atoms with E-state index in [1.165, 1.54) is 135 Å². The van der Waals surface area contributed by atoms with Gasteiger partial charge in [0.25, 0.3) is 0 Å². The Balaban J connectivity index is 4.47. The third kappa shape index (κ3) is 68.2. The average molecular weight is 1150 g/mol. The van der Waals surface area contributed by atoms with Crippen molar-refractivity contribution < 1.29 is 28.6 Å². The van der Waals surface area contributed by atoms with Crippen molar-refractivity contribution in [1.82, 2.24) is 0 Å². The molecule has 83 heavy (non-hydrogen) atoms. The molecule has 0 bridgehead atoms. The fourth-order valence-electron chi connectivity index (χ4n) is 9.43. The number of unbranched alkanes of at least 4 members (excludes halogenated alkanes) is 29.